The number of benzene rings is 3. The third-order valence-corrected chi connectivity index (χ3v) is 4.20. The molecule has 0 spiro atoms. The molecule has 0 bridgehead atoms. The van der Waals surface area contributed by atoms with E-state index >= 15 is 0 Å². The molecule has 0 N–H and O–H groups in total. The Labute approximate surface area is 143 Å². The van der Waals surface area contributed by atoms with Crippen LogP contribution in [-0.4, -0.2) is 20.9 Å². The number of hydrogen-bond acceptors (Lipinski definition) is 2. The SMILES string of the molecule is Bc1ccc(-c2ccc(C(C(=O)OC)c3ccccc3)cc2)cc1. The van der Waals surface area contributed by atoms with Crippen molar-refractivity contribution in [3.63, 3.8) is 0 Å². The van der Waals surface area contributed by atoms with Crippen molar-refractivity contribution in [2.24, 2.45) is 0 Å². The molecule has 0 heterocycles. The molecule has 3 aromatic rings. The normalized spacial score (nSPS) is 11.7. The summed E-state index contributed by atoms with van der Waals surface area (Å²) in [4.78, 5) is 12.3. The molecule has 0 fully saturated rings. The van der Waals surface area contributed by atoms with Gasteiger partial charge in [-0.2, -0.15) is 0 Å². The molecular weight excluding hydrogens is 295 g/mol. The Morgan fingerprint density at radius 1 is 0.792 bits per heavy atom. The van der Waals surface area contributed by atoms with Crippen molar-refractivity contribution in [3.8, 4) is 11.1 Å². The first-order valence-corrected chi connectivity index (χ1v) is 7.99. The first-order chi connectivity index (χ1) is 11.7. The summed E-state index contributed by atoms with van der Waals surface area (Å²) in [5.41, 5.74) is 5.42. The number of ether oxygens (including phenoxy) is 1. The first kappa shape index (κ1) is 16.1. The minimum absolute atomic E-state index is 0.246. The maximum atomic E-state index is 12.3. The predicted octanol–water partition coefficient (Wildman–Crippen LogP) is 2.92. The Bertz CT molecular complexity index is 809. The average molecular weight is 314 g/mol. The molecule has 3 heteroatoms. The van der Waals surface area contributed by atoms with Crippen molar-refractivity contribution >= 4 is 19.3 Å². The zero-order valence-electron chi connectivity index (χ0n) is 13.9. The molecule has 0 amide bonds. The lowest BCUT2D eigenvalue weighted by Gasteiger charge is -2.16. The summed E-state index contributed by atoms with van der Waals surface area (Å²) in [6.07, 6.45) is 0. The summed E-state index contributed by atoms with van der Waals surface area (Å²) < 4.78 is 5.01. The molecule has 0 aromatic heterocycles. The van der Waals surface area contributed by atoms with Crippen LogP contribution in [0.5, 0.6) is 0 Å². The highest BCUT2D eigenvalue weighted by Crippen LogP contribution is 2.28. The van der Waals surface area contributed by atoms with Crippen LogP contribution in [0.2, 0.25) is 0 Å². The van der Waals surface area contributed by atoms with Crippen LogP contribution in [0.15, 0.2) is 78.9 Å². The largest absolute Gasteiger partial charge is 0.468 e. The summed E-state index contributed by atoms with van der Waals surface area (Å²) in [5.74, 6) is -0.646. The fourth-order valence-electron chi connectivity index (χ4n) is 2.84. The second kappa shape index (κ2) is 7.18. The second-order valence-electron chi connectivity index (χ2n) is 5.85. The Balaban J connectivity index is 1.95. The van der Waals surface area contributed by atoms with E-state index in [4.69, 9.17) is 4.74 Å². The van der Waals surface area contributed by atoms with Gasteiger partial charge in [0.15, 0.2) is 0 Å². The highest BCUT2D eigenvalue weighted by Gasteiger charge is 2.23. The van der Waals surface area contributed by atoms with Crippen molar-refractivity contribution in [1.29, 1.82) is 0 Å². The lowest BCUT2D eigenvalue weighted by molar-refractivity contribution is -0.141. The van der Waals surface area contributed by atoms with Gasteiger partial charge in [-0.15, -0.1) is 0 Å². The average Bonchev–Trinajstić information content (AvgIpc) is 2.64. The molecule has 0 radical (unpaired) electrons. The second-order valence-corrected chi connectivity index (χ2v) is 5.85. The van der Waals surface area contributed by atoms with Crippen molar-refractivity contribution in [2.75, 3.05) is 7.11 Å². The lowest BCUT2D eigenvalue weighted by atomic mass is 9.89. The van der Waals surface area contributed by atoms with E-state index in [9.17, 15) is 4.79 Å². The molecule has 118 valence electrons. The number of methoxy groups -OCH3 is 1. The van der Waals surface area contributed by atoms with Crippen LogP contribution in [0.25, 0.3) is 11.1 Å². The summed E-state index contributed by atoms with van der Waals surface area (Å²) in [6.45, 7) is 0. The van der Waals surface area contributed by atoms with E-state index in [2.05, 4.69) is 44.2 Å². The van der Waals surface area contributed by atoms with E-state index in [0.29, 0.717) is 0 Å². The van der Waals surface area contributed by atoms with E-state index in [-0.39, 0.29) is 5.97 Å². The van der Waals surface area contributed by atoms with Crippen molar-refractivity contribution in [2.45, 2.75) is 5.92 Å². The number of hydrogen-bond donors (Lipinski definition) is 0. The number of carbonyl (C=O) groups is 1. The number of rotatable bonds is 4. The van der Waals surface area contributed by atoms with E-state index < -0.39 is 5.92 Å². The van der Waals surface area contributed by atoms with Crippen LogP contribution >= 0.6 is 0 Å². The Morgan fingerprint density at radius 2 is 1.29 bits per heavy atom. The van der Waals surface area contributed by atoms with E-state index in [1.807, 2.05) is 42.5 Å². The van der Waals surface area contributed by atoms with Gasteiger partial charge in [0, 0.05) is 0 Å². The van der Waals surface area contributed by atoms with Crippen molar-refractivity contribution in [1.82, 2.24) is 0 Å². The molecule has 1 unspecified atom stereocenters. The van der Waals surface area contributed by atoms with Gasteiger partial charge < -0.3 is 4.74 Å². The van der Waals surface area contributed by atoms with E-state index in [1.165, 1.54) is 18.1 Å². The molecule has 2 nitrogen and oxygen atoms in total. The van der Waals surface area contributed by atoms with Gasteiger partial charge in [0.25, 0.3) is 0 Å². The molecule has 3 rings (SSSR count). The minimum Gasteiger partial charge on any atom is -0.468 e. The standard InChI is InChI=1S/C21H19BO2/c1-24-21(23)20(17-5-3-2-4-6-17)18-9-7-15(8-10-18)16-11-13-19(22)14-12-16/h2-14,20H,22H2,1H3. The molecule has 0 aliphatic carbocycles. The van der Waals surface area contributed by atoms with Gasteiger partial charge in [-0.05, 0) is 22.3 Å². The Hall–Kier alpha value is -2.81. The Morgan fingerprint density at radius 3 is 1.83 bits per heavy atom. The molecule has 0 aliphatic rings. The highest BCUT2D eigenvalue weighted by molar-refractivity contribution is 6.32. The molecular formula is C21H19BO2. The molecule has 0 saturated carbocycles. The van der Waals surface area contributed by atoms with Gasteiger partial charge >= 0.3 is 5.97 Å². The van der Waals surface area contributed by atoms with Gasteiger partial charge in [0.2, 0.25) is 0 Å². The van der Waals surface area contributed by atoms with Gasteiger partial charge in [-0.1, -0.05) is 84.3 Å². The number of esters is 1. The fourth-order valence-corrected chi connectivity index (χ4v) is 2.84. The van der Waals surface area contributed by atoms with Crippen LogP contribution in [0.1, 0.15) is 17.0 Å². The van der Waals surface area contributed by atoms with E-state index in [1.54, 1.807) is 0 Å². The topological polar surface area (TPSA) is 26.3 Å². The summed E-state index contributed by atoms with van der Waals surface area (Å²) in [5, 5.41) is 0. The van der Waals surface area contributed by atoms with Gasteiger partial charge in [-0.3, -0.25) is 4.79 Å². The summed E-state index contributed by atoms with van der Waals surface area (Å²) in [6, 6.07) is 26.3. The van der Waals surface area contributed by atoms with Crippen LogP contribution in [0.3, 0.4) is 0 Å². The summed E-state index contributed by atoms with van der Waals surface area (Å²) in [7, 11) is 3.51. The minimum atomic E-state index is -0.400. The molecule has 3 aromatic carbocycles. The third kappa shape index (κ3) is 3.41. The smallest absolute Gasteiger partial charge is 0.317 e. The predicted molar refractivity (Wildman–Crippen MR) is 100 cm³/mol. The van der Waals surface area contributed by atoms with Crippen molar-refractivity contribution < 1.29 is 9.53 Å². The maximum absolute atomic E-state index is 12.3. The fraction of sp³-hybridized carbons (Fsp3) is 0.0952. The number of carbonyl (C=O) groups excluding carboxylic acids is 1. The van der Waals surface area contributed by atoms with Crippen LogP contribution in [0.4, 0.5) is 0 Å². The van der Waals surface area contributed by atoms with Gasteiger partial charge in [0.1, 0.15) is 13.8 Å². The van der Waals surface area contributed by atoms with Crippen molar-refractivity contribution in [3.05, 3.63) is 90.0 Å². The quantitative estimate of drug-likeness (QED) is 0.547. The van der Waals surface area contributed by atoms with Gasteiger partial charge in [-0.25, -0.2) is 0 Å². The maximum Gasteiger partial charge on any atom is 0.317 e. The molecule has 24 heavy (non-hydrogen) atoms. The third-order valence-electron chi connectivity index (χ3n) is 4.20. The highest BCUT2D eigenvalue weighted by atomic mass is 16.5. The molecule has 0 saturated heterocycles. The van der Waals surface area contributed by atoms with Crippen LogP contribution in [0, 0.1) is 0 Å². The lowest BCUT2D eigenvalue weighted by Crippen LogP contribution is -2.15. The molecule has 1 atom stereocenters. The zero-order valence-corrected chi connectivity index (χ0v) is 13.9. The van der Waals surface area contributed by atoms with Gasteiger partial charge in [0.05, 0.1) is 7.11 Å². The van der Waals surface area contributed by atoms with E-state index in [0.717, 1.165) is 16.7 Å². The first-order valence-electron chi connectivity index (χ1n) is 7.99. The van der Waals surface area contributed by atoms with Crippen LogP contribution < -0.4 is 5.46 Å². The Kier molecular flexibility index (Phi) is 4.81. The molecule has 0 aliphatic heterocycles. The monoisotopic (exact) mass is 314 g/mol. The van der Waals surface area contributed by atoms with Crippen LogP contribution in [-0.2, 0) is 9.53 Å². The summed E-state index contributed by atoms with van der Waals surface area (Å²) >= 11 is 0. The zero-order chi connectivity index (χ0) is 16.9.